The summed E-state index contributed by atoms with van der Waals surface area (Å²) in [6, 6.07) is 10.7. The van der Waals surface area contributed by atoms with E-state index in [2.05, 4.69) is 30.7 Å². The highest BCUT2D eigenvalue weighted by molar-refractivity contribution is 7.90. The lowest BCUT2D eigenvalue weighted by Gasteiger charge is -2.40. The van der Waals surface area contributed by atoms with Crippen molar-refractivity contribution in [1.29, 1.82) is 0 Å². The van der Waals surface area contributed by atoms with Crippen molar-refractivity contribution in [3.8, 4) is 17.0 Å². The van der Waals surface area contributed by atoms with Gasteiger partial charge in [-0.2, -0.15) is 0 Å². The van der Waals surface area contributed by atoms with Crippen molar-refractivity contribution in [2.24, 2.45) is 5.92 Å². The number of likely N-dealkylation sites (tertiary alicyclic amines) is 1. The van der Waals surface area contributed by atoms with E-state index in [1.807, 2.05) is 12.1 Å². The summed E-state index contributed by atoms with van der Waals surface area (Å²) in [7, 11) is -3.18. The van der Waals surface area contributed by atoms with E-state index in [1.54, 1.807) is 30.5 Å². The molecule has 152 valence electrons. The van der Waals surface area contributed by atoms with Crippen LogP contribution in [0.25, 0.3) is 11.1 Å². The molecule has 2 aromatic rings. The van der Waals surface area contributed by atoms with Gasteiger partial charge in [0.2, 0.25) is 5.88 Å². The Morgan fingerprint density at radius 3 is 2.14 bits per heavy atom. The molecule has 1 aliphatic rings. The van der Waals surface area contributed by atoms with Crippen molar-refractivity contribution in [1.82, 2.24) is 9.88 Å². The standard InChI is InChI=1S/C22H30N2O3S/c1-22(2,3)24-13-11-17(12-14-24)16-27-21-10-7-19(15-23-21)18-5-8-20(9-6-18)28(4,25)26/h5-10,15,17H,11-14,16H2,1-4H3. The maximum Gasteiger partial charge on any atom is 0.213 e. The third kappa shape index (κ3) is 5.32. The average molecular weight is 403 g/mol. The van der Waals surface area contributed by atoms with Gasteiger partial charge >= 0.3 is 0 Å². The zero-order chi connectivity index (χ0) is 20.4. The SMILES string of the molecule is CC(C)(C)N1CCC(COc2ccc(-c3ccc(S(C)(=O)=O)cc3)cn2)CC1. The molecule has 0 radical (unpaired) electrons. The molecule has 28 heavy (non-hydrogen) atoms. The van der Waals surface area contributed by atoms with Crippen molar-refractivity contribution in [2.45, 2.75) is 44.0 Å². The molecule has 0 bridgehead atoms. The molecular formula is C22H30N2O3S. The Labute approximate surface area is 168 Å². The van der Waals surface area contributed by atoms with Crippen molar-refractivity contribution in [3.63, 3.8) is 0 Å². The van der Waals surface area contributed by atoms with Crippen LogP contribution in [0, 0.1) is 5.92 Å². The normalized spacial score (nSPS) is 16.9. The molecule has 0 spiro atoms. The lowest BCUT2D eigenvalue weighted by atomic mass is 9.94. The fourth-order valence-electron chi connectivity index (χ4n) is 3.50. The van der Waals surface area contributed by atoms with Crippen molar-refractivity contribution >= 4 is 9.84 Å². The first kappa shape index (κ1) is 20.8. The Kier molecular flexibility index (Phi) is 6.10. The summed E-state index contributed by atoms with van der Waals surface area (Å²) in [5, 5.41) is 0. The molecule has 1 aromatic carbocycles. The second kappa shape index (κ2) is 8.21. The minimum absolute atomic E-state index is 0.239. The summed E-state index contributed by atoms with van der Waals surface area (Å²) in [5.41, 5.74) is 2.11. The van der Waals surface area contributed by atoms with Gasteiger partial charge in [-0.3, -0.25) is 4.90 Å². The Hall–Kier alpha value is -1.92. The first-order valence-corrected chi connectivity index (χ1v) is 11.7. The number of hydrogen-bond acceptors (Lipinski definition) is 5. The predicted molar refractivity (Wildman–Crippen MR) is 112 cm³/mol. The zero-order valence-electron chi connectivity index (χ0n) is 17.2. The fraction of sp³-hybridized carbons (Fsp3) is 0.500. The van der Waals surface area contributed by atoms with Gasteiger partial charge in [-0.15, -0.1) is 0 Å². The molecule has 5 nitrogen and oxygen atoms in total. The second-order valence-corrected chi connectivity index (χ2v) is 10.6. The minimum Gasteiger partial charge on any atom is -0.477 e. The van der Waals surface area contributed by atoms with Crippen LogP contribution < -0.4 is 4.74 Å². The van der Waals surface area contributed by atoms with E-state index in [0.29, 0.717) is 23.3 Å². The zero-order valence-corrected chi connectivity index (χ0v) is 18.0. The van der Waals surface area contributed by atoms with E-state index in [4.69, 9.17) is 4.74 Å². The van der Waals surface area contributed by atoms with Crippen molar-refractivity contribution < 1.29 is 13.2 Å². The highest BCUT2D eigenvalue weighted by Gasteiger charge is 2.27. The number of rotatable bonds is 5. The van der Waals surface area contributed by atoms with Gasteiger partial charge in [0.05, 0.1) is 11.5 Å². The molecule has 0 saturated carbocycles. The number of benzene rings is 1. The number of piperidine rings is 1. The van der Waals surface area contributed by atoms with Gasteiger partial charge in [0, 0.05) is 29.6 Å². The van der Waals surface area contributed by atoms with Crippen LogP contribution in [0.3, 0.4) is 0 Å². The topological polar surface area (TPSA) is 59.5 Å². The Bertz CT molecular complexity index is 877. The molecule has 0 N–H and O–H groups in total. The summed E-state index contributed by atoms with van der Waals surface area (Å²) in [4.78, 5) is 7.27. The number of aromatic nitrogens is 1. The highest BCUT2D eigenvalue weighted by atomic mass is 32.2. The monoisotopic (exact) mass is 402 g/mol. The summed E-state index contributed by atoms with van der Waals surface area (Å²) >= 11 is 0. The van der Waals surface area contributed by atoms with Crippen LogP contribution in [0.5, 0.6) is 5.88 Å². The number of pyridine rings is 1. The van der Waals surface area contributed by atoms with Crippen LogP contribution in [0.4, 0.5) is 0 Å². The molecule has 0 atom stereocenters. The largest absolute Gasteiger partial charge is 0.477 e. The fourth-order valence-corrected chi connectivity index (χ4v) is 4.14. The smallest absolute Gasteiger partial charge is 0.213 e. The average Bonchev–Trinajstić information content (AvgIpc) is 2.66. The summed E-state index contributed by atoms with van der Waals surface area (Å²) < 4.78 is 29.0. The van der Waals surface area contributed by atoms with Gasteiger partial charge < -0.3 is 4.74 Å². The van der Waals surface area contributed by atoms with E-state index in [1.165, 1.54) is 6.26 Å². The first-order valence-electron chi connectivity index (χ1n) is 9.77. The van der Waals surface area contributed by atoms with Crippen LogP contribution in [0.2, 0.25) is 0 Å². The van der Waals surface area contributed by atoms with E-state index < -0.39 is 9.84 Å². The number of sulfone groups is 1. The molecule has 1 aromatic heterocycles. The third-order valence-electron chi connectivity index (χ3n) is 5.38. The van der Waals surface area contributed by atoms with Crippen molar-refractivity contribution in [2.75, 3.05) is 26.0 Å². The molecule has 3 rings (SSSR count). The quantitative estimate of drug-likeness (QED) is 0.755. The van der Waals surface area contributed by atoms with Crippen molar-refractivity contribution in [3.05, 3.63) is 42.6 Å². The molecule has 6 heteroatoms. The lowest BCUT2D eigenvalue weighted by Crippen LogP contribution is -2.46. The highest BCUT2D eigenvalue weighted by Crippen LogP contribution is 2.25. The Morgan fingerprint density at radius 2 is 1.64 bits per heavy atom. The first-order chi connectivity index (χ1) is 13.1. The molecule has 2 heterocycles. The predicted octanol–water partition coefficient (Wildman–Crippen LogP) is 4.04. The summed E-state index contributed by atoms with van der Waals surface area (Å²) in [6.45, 7) is 9.74. The summed E-state index contributed by atoms with van der Waals surface area (Å²) in [6.07, 6.45) is 5.29. The molecule has 1 fully saturated rings. The van der Waals surface area contributed by atoms with E-state index in [9.17, 15) is 8.42 Å². The van der Waals surface area contributed by atoms with Crippen LogP contribution in [-0.4, -0.2) is 49.8 Å². The third-order valence-corrected chi connectivity index (χ3v) is 6.51. The van der Waals surface area contributed by atoms with Gasteiger partial charge in [0.15, 0.2) is 9.84 Å². The lowest BCUT2D eigenvalue weighted by molar-refractivity contribution is 0.0713. The summed E-state index contributed by atoms with van der Waals surface area (Å²) in [5.74, 6) is 1.21. The molecule has 1 aliphatic heterocycles. The van der Waals surface area contributed by atoms with E-state index in [-0.39, 0.29) is 5.54 Å². The van der Waals surface area contributed by atoms with Crippen LogP contribution in [0.15, 0.2) is 47.5 Å². The van der Waals surface area contributed by atoms with Gasteiger partial charge in [-0.05, 0) is 76.4 Å². The maximum atomic E-state index is 11.6. The number of hydrogen-bond donors (Lipinski definition) is 0. The second-order valence-electron chi connectivity index (χ2n) is 8.59. The van der Waals surface area contributed by atoms with Crippen LogP contribution in [0.1, 0.15) is 33.6 Å². The van der Waals surface area contributed by atoms with E-state index >= 15 is 0 Å². The molecular weight excluding hydrogens is 372 g/mol. The van der Waals surface area contributed by atoms with Crippen LogP contribution in [-0.2, 0) is 9.84 Å². The Morgan fingerprint density at radius 1 is 1.04 bits per heavy atom. The van der Waals surface area contributed by atoms with Gasteiger partial charge in [-0.1, -0.05) is 12.1 Å². The maximum absolute atomic E-state index is 11.6. The molecule has 0 aliphatic carbocycles. The van der Waals surface area contributed by atoms with E-state index in [0.717, 1.165) is 37.1 Å². The molecule has 0 amide bonds. The molecule has 1 saturated heterocycles. The Balaban J connectivity index is 1.54. The van der Waals surface area contributed by atoms with Crippen LogP contribution >= 0.6 is 0 Å². The number of ether oxygens (including phenoxy) is 1. The minimum atomic E-state index is -3.18. The molecule has 0 unspecified atom stereocenters. The van der Waals surface area contributed by atoms with Gasteiger partial charge in [0.1, 0.15) is 0 Å². The van der Waals surface area contributed by atoms with Gasteiger partial charge in [0.25, 0.3) is 0 Å². The van der Waals surface area contributed by atoms with Gasteiger partial charge in [-0.25, -0.2) is 13.4 Å². The number of nitrogens with zero attached hydrogens (tertiary/aromatic N) is 2.